The SMILES string of the molecule is CCCc1c(Cl)[nH]c(=O)n(CCN(C(C)C)C(C)C)c1=O. The van der Waals surface area contributed by atoms with Crippen molar-refractivity contribution in [3.05, 3.63) is 31.6 Å². The van der Waals surface area contributed by atoms with E-state index in [0.29, 0.717) is 37.2 Å². The first-order valence-corrected chi connectivity index (χ1v) is 7.94. The summed E-state index contributed by atoms with van der Waals surface area (Å²) >= 11 is 5.97. The first kappa shape index (κ1) is 18.0. The Kier molecular flexibility index (Phi) is 6.68. The zero-order chi connectivity index (χ0) is 16.2. The molecule has 0 radical (unpaired) electrons. The molecule has 0 atom stereocenters. The fourth-order valence-corrected chi connectivity index (χ4v) is 2.84. The van der Waals surface area contributed by atoms with E-state index in [-0.39, 0.29) is 10.7 Å². The van der Waals surface area contributed by atoms with E-state index < -0.39 is 5.69 Å². The third-order valence-corrected chi connectivity index (χ3v) is 3.96. The molecular weight excluding hydrogens is 290 g/mol. The monoisotopic (exact) mass is 315 g/mol. The van der Waals surface area contributed by atoms with Gasteiger partial charge in [-0.15, -0.1) is 0 Å². The van der Waals surface area contributed by atoms with E-state index >= 15 is 0 Å². The maximum atomic E-state index is 12.4. The van der Waals surface area contributed by atoms with Gasteiger partial charge in [0, 0.05) is 25.2 Å². The van der Waals surface area contributed by atoms with Gasteiger partial charge in [0.25, 0.3) is 5.56 Å². The van der Waals surface area contributed by atoms with Gasteiger partial charge >= 0.3 is 5.69 Å². The average Bonchev–Trinajstić information content (AvgIpc) is 2.37. The maximum Gasteiger partial charge on any atom is 0.329 e. The normalized spacial score (nSPS) is 11.9. The van der Waals surface area contributed by atoms with Crippen LogP contribution >= 0.6 is 11.6 Å². The van der Waals surface area contributed by atoms with E-state index in [1.807, 2.05) is 6.92 Å². The Labute approximate surface area is 130 Å². The molecule has 0 aliphatic rings. The molecule has 1 aromatic rings. The summed E-state index contributed by atoms with van der Waals surface area (Å²) in [6.45, 7) is 11.4. The van der Waals surface area contributed by atoms with Gasteiger partial charge in [0.1, 0.15) is 5.15 Å². The molecule has 120 valence electrons. The fraction of sp³-hybridized carbons (Fsp3) is 0.733. The third kappa shape index (κ3) is 4.45. The molecule has 1 rings (SSSR count). The Hall–Kier alpha value is -1.07. The molecule has 0 amide bonds. The number of hydrogen-bond acceptors (Lipinski definition) is 3. The van der Waals surface area contributed by atoms with Crippen molar-refractivity contribution in [1.82, 2.24) is 14.5 Å². The van der Waals surface area contributed by atoms with Crippen LogP contribution in [0.25, 0.3) is 0 Å². The number of halogens is 1. The zero-order valence-electron chi connectivity index (χ0n) is 13.6. The molecule has 0 aromatic carbocycles. The van der Waals surface area contributed by atoms with E-state index in [2.05, 4.69) is 37.6 Å². The van der Waals surface area contributed by atoms with E-state index in [0.717, 1.165) is 6.42 Å². The zero-order valence-corrected chi connectivity index (χ0v) is 14.3. The molecule has 0 spiro atoms. The lowest BCUT2D eigenvalue weighted by Gasteiger charge is -2.30. The molecule has 1 heterocycles. The van der Waals surface area contributed by atoms with Gasteiger partial charge in [-0.1, -0.05) is 24.9 Å². The summed E-state index contributed by atoms with van der Waals surface area (Å²) in [4.78, 5) is 29.2. The van der Waals surface area contributed by atoms with Crippen molar-refractivity contribution in [1.29, 1.82) is 0 Å². The summed E-state index contributed by atoms with van der Waals surface area (Å²) in [6.07, 6.45) is 1.39. The molecule has 1 N–H and O–H groups in total. The lowest BCUT2D eigenvalue weighted by atomic mass is 10.2. The highest BCUT2D eigenvalue weighted by atomic mass is 35.5. The van der Waals surface area contributed by atoms with Crippen LogP contribution in [0.1, 0.15) is 46.6 Å². The van der Waals surface area contributed by atoms with Crippen LogP contribution in [0.3, 0.4) is 0 Å². The van der Waals surface area contributed by atoms with Crippen LogP contribution in [0.5, 0.6) is 0 Å². The van der Waals surface area contributed by atoms with Crippen molar-refractivity contribution in [3.63, 3.8) is 0 Å². The lowest BCUT2D eigenvalue weighted by molar-refractivity contribution is 0.167. The van der Waals surface area contributed by atoms with E-state index in [4.69, 9.17) is 11.6 Å². The van der Waals surface area contributed by atoms with Crippen molar-refractivity contribution in [2.45, 2.75) is 66.1 Å². The van der Waals surface area contributed by atoms with Gasteiger partial charge in [-0.3, -0.25) is 19.2 Å². The summed E-state index contributed by atoms with van der Waals surface area (Å²) in [7, 11) is 0. The van der Waals surface area contributed by atoms with Gasteiger partial charge in [0.15, 0.2) is 0 Å². The topological polar surface area (TPSA) is 58.1 Å². The number of nitrogens with zero attached hydrogens (tertiary/aromatic N) is 2. The Balaban J connectivity index is 3.06. The van der Waals surface area contributed by atoms with Gasteiger partial charge in [0.05, 0.1) is 5.56 Å². The van der Waals surface area contributed by atoms with Crippen LogP contribution in [0.4, 0.5) is 0 Å². The van der Waals surface area contributed by atoms with Crippen molar-refractivity contribution < 1.29 is 0 Å². The van der Waals surface area contributed by atoms with Crippen molar-refractivity contribution in [2.75, 3.05) is 6.54 Å². The third-order valence-electron chi connectivity index (χ3n) is 3.64. The first-order chi connectivity index (χ1) is 9.79. The van der Waals surface area contributed by atoms with Gasteiger partial charge in [0.2, 0.25) is 0 Å². The van der Waals surface area contributed by atoms with E-state index in [1.165, 1.54) is 4.57 Å². The van der Waals surface area contributed by atoms with Crippen LogP contribution in [0.15, 0.2) is 9.59 Å². The number of rotatable bonds is 7. The highest BCUT2D eigenvalue weighted by Gasteiger charge is 2.16. The van der Waals surface area contributed by atoms with Crippen LogP contribution in [0.2, 0.25) is 5.15 Å². The van der Waals surface area contributed by atoms with Gasteiger partial charge in [-0.25, -0.2) is 4.79 Å². The maximum absolute atomic E-state index is 12.4. The fourth-order valence-electron chi connectivity index (χ4n) is 2.58. The Bertz CT molecular complexity index is 567. The van der Waals surface area contributed by atoms with Crippen LogP contribution < -0.4 is 11.2 Å². The molecular formula is C15H26ClN3O2. The van der Waals surface area contributed by atoms with Crippen LogP contribution in [-0.2, 0) is 13.0 Å². The Morgan fingerprint density at radius 3 is 2.24 bits per heavy atom. The summed E-state index contributed by atoms with van der Waals surface area (Å²) < 4.78 is 1.26. The van der Waals surface area contributed by atoms with Crippen LogP contribution in [-0.4, -0.2) is 33.1 Å². The standard InChI is InChI=1S/C15H26ClN3O2/c1-6-7-12-13(16)17-15(21)19(14(12)20)9-8-18(10(2)3)11(4)5/h10-11H,6-9H2,1-5H3,(H,17,21). The quantitative estimate of drug-likeness (QED) is 0.785. The first-order valence-electron chi connectivity index (χ1n) is 7.56. The lowest BCUT2D eigenvalue weighted by Crippen LogP contribution is -2.44. The molecule has 6 heteroatoms. The molecule has 21 heavy (non-hydrogen) atoms. The minimum Gasteiger partial charge on any atom is -0.297 e. The average molecular weight is 316 g/mol. The molecule has 0 bridgehead atoms. The number of aromatic nitrogens is 2. The Morgan fingerprint density at radius 2 is 1.76 bits per heavy atom. The van der Waals surface area contributed by atoms with E-state index in [1.54, 1.807) is 0 Å². The minimum absolute atomic E-state index is 0.174. The predicted molar refractivity (Wildman–Crippen MR) is 87.3 cm³/mol. The van der Waals surface area contributed by atoms with Crippen molar-refractivity contribution in [2.24, 2.45) is 0 Å². The number of hydrogen-bond donors (Lipinski definition) is 1. The minimum atomic E-state index is -0.433. The second-order valence-corrected chi connectivity index (χ2v) is 6.23. The highest BCUT2D eigenvalue weighted by molar-refractivity contribution is 6.30. The second kappa shape index (κ2) is 7.80. The van der Waals surface area contributed by atoms with Crippen molar-refractivity contribution >= 4 is 11.6 Å². The smallest absolute Gasteiger partial charge is 0.297 e. The predicted octanol–water partition coefficient (Wildman–Crippen LogP) is 2.26. The summed E-state index contributed by atoms with van der Waals surface area (Å²) in [5.74, 6) is 0. The summed E-state index contributed by atoms with van der Waals surface area (Å²) in [5.41, 5.74) is -0.199. The molecule has 0 aliphatic heterocycles. The second-order valence-electron chi connectivity index (χ2n) is 5.85. The molecule has 0 aliphatic carbocycles. The summed E-state index contributed by atoms with van der Waals surface area (Å²) in [5, 5.41) is 0.174. The summed E-state index contributed by atoms with van der Waals surface area (Å²) in [6, 6.07) is 0.726. The molecule has 0 saturated heterocycles. The Morgan fingerprint density at radius 1 is 1.19 bits per heavy atom. The van der Waals surface area contributed by atoms with E-state index in [9.17, 15) is 9.59 Å². The highest BCUT2D eigenvalue weighted by Crippen LogP contribution is 2.08. The molecule has 0 fully saturated rings. The van der Waals surface area contributed by atoms with Gasteiger partial charge in [-0.05, 0) is 34.1 Å². The molecule has 1 aromatic heterocycles. The van der Waals surface area contributed by atoms with Crippen molar-refractivity contribution in [3.8, 4) is 0 Å². The molecule has 0 unspecified atom stereocenters. The van der Waals surface area contributed by atoms with Gasteiger partial charge < -0.3 is 0 Å². The number of aromatic amines is 1. The van der Waals surface area contributed by atoms with Gasteiger partial charge in [-0.2, -0.15) is 0 Å². The number of nitrogens with one attached hydrogen (secondary N) is 1. The molecule has 0 saturated carbocycles. The molecule has 5 nitrogen and oxygen atoms in total. The number of H-pyrrole nitrogens is 1. The largest absolute Gasteiger partial charge is 0.329 e. The van der Waals surface area contributed by atoms with Crippen LogP contribution in [0, 0.1) is 0 Å².